The second kappa shape index (κ2) is 4.98. The molecule has 0 radical (unpaired) electrons. The van der Waals surface area contributed by atoms with Crippen LogP contribution in [0.4, 0.5) is 5.82 Å². The highest BCUT2D eigenvalue weighted by Crippen LogP contribution is 2.20. The Balaban J connectivity index is 0.00000112. The molecule has 15 heavy (non-hydrogen) atoms. The van der Waals surface area contributed by atoms with Crippen LogP contribution in [0.2, 0.25) is 0 Å². The molecule has 0 bridgehead atoms. The topological polar surface area (TPSA) is 59.2 Å². The molecule has 2 rings (SSSR count). The smallest absolute Gasteiger partial charge is 0.222 e. The summed E-state index contributed by atoms with van der Waals surface area (Å²) >= 11 is 0. The summed E-state index contributed by atoms with van der Waals surface area (Å²) in [5.41, 5.74) is 5.25. The number of carbonyl (C=O) groups is 1. The Morgan fingerprint density at radius 2 is 2.33 bits per heavy atom. The van der Waals surface area contributed by atoms with Crippen molar-refractivity contribution >= 4 is 24.1 Å². The van der Waals surface area contributed by atoms with Crippen molar-refractivity contribution in [2.75, 3.05) is 18.0 Å². The molecule has 82 valence electrons. The van der Waals surface area contributed by atoms with Crippen molar-refractivity contribution in [3.63, 3.8) is 0 Å². The van der Waals surface area contributed by atoms with Crippen molar-refractivity contribution in [1.82, 2.24) is 4.98 Å². The quantitative estimate of drug-likeness (QED) is 0.814. The zero-order valence-electron chi connectivity index (χ0n) is 8.30. The molecule has 5 heteroatoms. The summed E-state index contributed by atoms with van der Waals surface area (Å²) in [5.74, 6) is 0.705. The van der Waals surface area contributed by atoms with Crippen LogP contribution in [0.25, 0.3) is 0 Å². The second-order valence-corrected chi connectivity index (χ2v) is 3.52. The molecule has 1 unspecified atom stereocenters. The molecule has 0 saturated carbocycles. The molecule has 0 aromatic carbocycles. The Kier molecular flexibility index (Phi) is 3.91. The van der Waals surface area contributed by atoms with E-state index in [0.717, 1.165) is 18.8 Å². The van der Waals surface area contributed by atoms with Crippen LogP contribution in [0.3, 0.4) is 0 Å². The summed E-state index contributed by atoms with van der Waals surface area (Å²) in [4.78, 5) is 17.3. The maximum absolute atomic E-state index is 11.0. The number of aromatic nitrogens is 1. The van der Waals surface area contributed by atoms with Crippen LogP contribution in [0.1, 0.15) is 6.42 Å². The lowest BCUT2D eigenvalue weighted by molar-refractivity contribution is -0.121. The van der Waals surface area contributed by atoms with E-state index in [1.54, 1.807) is 6.20 Å². The van der Waals surface area contributed by atoms with Gasteiger partial charge in [0.05, 0.1) is 5.92 Å². The summed E-state index contributed by atoms with van der Waals surface area (Å²) in [5, 5.41) is 0. The Morgan fingerprint density at radius 1 is 1.53 bits per heavy atom. The molecular weight excluding hydrogens is 214 g/mol. The lowest BCUT2D eigenvalue weighted by atomic mass is 10.1. The minimum atomic E-state index is -0.205. The van der Waals surface area contributed by atoms with E-state index in [-0.39, 0.29) is 24.2 Å². The Bertz CT molecular complexity index is 331. The van der Waals surface area contributed by atoms with Gasteiger partial charge >= 0.3 is 0 Å². The maximum atomic E-state index is 11.0. The minimum absolute atomic E-state index is 0. The van der Waals surface area contributed by atoms with E-state index in [0.29, 0.717) is 6.54 Å². The number of anilines is 1. The first kappa shape index (κ1) is 11.8. The lowest BCUT2D eigenvalue weighted by Gasteiger charge is -2.16. The summed E-state index contributed by atoms with van der Waals surface area (Å²) in [6, 6.07) is 5.77. The Labute approximate surface area is 94.9 Å². The number of pyridine rings is 1. The molecule has 1 aromatic heterocycles. The van der Waals surface area contributed by atoms with E-state index in [9.17, 15) is 4.79 Å². The van der Waals surface area contributed by atoms with Gasteiger partial charge in [-0.1, -0.05) is 6.07 Å². The van der Waals surface area contributed by atoms with Crippen LogP contribution >= 0.6 is 12.4 Å². The monoisotopic (exact) mass is 227 g/mol. The van der Waals surface area contributed by atoms with E-state index in [1.165, 1.54) is 0 Å². The normalized spacial score (nSPS) is 19.7. The maximum Gasteiger partial charge on any atom is 0.222 e. The average Bonchev–Trinajstić information content (AvgIpc) is 2.68. The van der Waals surface area contributed by atoms with E-state index in [4.69, 9.17) is 5.73 Å². The molecule has 0 spiro atoms. The van der Waals surface area contributed by atoms with Gasteiger partial charge in [0.2, 0.25) is 5.91 Å². The summed E-state index contributed by atoms with van der Waals surface area (Å²) in [6.07, 6.45) is 2.60. The molecule has 0 aliphatic carbocycles. The van der Waals surface area contributed by atoms with Gasteiger partial charge in [-0.15, -0.1) is 12.4 Å². The number of nitrogens with zero attached hydrogens (tertiary/aromatic N) is 2. The summed E-state index contributed by atoms with van der Waals surface area (Å²) in [6.45, 7) is 1.57. The molecule has 1 aromatic rings. The highest BCUT2D eigenvalue weighted by atomic mass is 35.5. The van der Waals surface area contributed by atoms with Gasteiger partial charge in [-0.05, 0) is 18.6 Å². The molecule has 1 fully saturated rings. The highest BCUT2D eigenvalue weighted by molar-refractivity contribution is 5.85. The summed E-state index contributed by atoms with van der Waals surface area (Å²) < 4.78 is 0. The predicted molar refractivity (Wildman–Crippen MR) is 61.0 cm³/mol. The van der Waals surface area contributed by atoms with E-state index < -0.39 is 0 Å². The summed E-state index contributed by atoms with van der Waals surface area (Å²) in [7, 11) is 0. The largest absolute Gasteiger partial charge is 0.369 e. The van der Waals surface area contributed by atoms with Gasteiger partial charge in [0.15, 0.2) is 0 Å². The molecule has 2 N–H and O–H groups in total. The molecule has 1 aliphatic rings. The van der Waals surface area contributed by atoms with Gasteiger partial charge in [-0.25, -0.2) is 4.98 Å². The first-order valence-electron chi connectivity index (χ1n) is 4.72. The Morgan fingerprint density at radius 3 is 2.87 bits per heavy atom. The molecule has 1 aliphatic heterocycles. The van der Waals surface area contributed by atoms with Crippen molar-refractivity contribution in [1.29, 1.82) is 0 Å². The zero-order valence-corrected chi connectivity index (χ0v) is 9.11. The fraction of sp³-hybridized carbons (Fsp3) is 0.400. The number of nitrogens with two attached hydrogens (primary N) is 1. The second-order valence-electron chi connectivity index (χ2n) is 3.52. The van der Waals surface area contributed by atoms with Crippen molar-refractivity contribution in [3.8, 4) is 0 Å². The highest BCUT2D eigenvalue weighted by Gasteiger charge is 2.26. The minimum Gasteiger partial charge on any atom is -0.369 e. The number of carbonyl (C=O) groups excluding carboxylic acids is 1. The number of hydrogen-bond acceptors (Lipinski definition) is 3. The van der Waals surface area contributed by atoms with E-state index in [2.05, 4.69) is 9.88 Å². The van der Waals surface area contributed by atoms with Crippen molar-refractivity contribution in [3.05, 3.63) is 24.4 Å². The first-order valence-corrected chi connectivity index (χ1v) is 4.72. The van der Waals surface area contributed by atoms with Gasteiger partial charge < -0.3 is 10.6 Å². The molecule has 1 amide bonds. The molecule has 2 heterocycles. The van der Waals surface area contributed by atoms with Gasteiger partial charge in [-0.2, -0.15) is 0 Å². The van der Waals surface area contributed by atoms with Crippen molar-refractivity contribution in [2.45, 2.75) is 6.42 Å². The van der Waals surface area contributed by atoms with Crippen molar-refractivity contribution < 1.29 is 4.79 Å². The van der Waals surface area contributed by atoms with Crippen molar-refractivity contribution in [2.24, 2.45) is 11.7 Å². The third-order valence-electron chi connectivity index (χ3n) is 2.56. The Hall–Kier alpha value is -1.29. The van der Waals surface area contributed by atoms with Crippen LogP contribution < -0.4 is 10.6 Å². The SMILES string of the molecule is Cl.NC(=O)C1CCN(c2ccccn2)C1. The fourth-order valence-corrected chi connectivity index (χ4v) is 1.74. The first-order chi connectivity index (χ1) is 6.77. The van der Waals surface area contributed by atoms with Crippen LogP contribution in [0, 0.1) is 5.92 Å². The molecule has 1 saturated heterocycles. The molecule has 4 nitrogen and oxygen atoms in total. The van der Waals surface area contributed by atoms with Crippen LogP contribution in [-0.2, 0) is 4.79 Å². The van der Waals surface area contributed by atoms with E-state index in [1.807, 2.05) is 18.2 Å². The van der Waals surface area contributed by atoms with Crippen LogP contribution in [-0.4, -0.2) is 24.0 Å². The van der Waals surface area contributed by atoms with Crippen LogP contribution in [0.5, 0.6) is 0 Å². The third kappa shape index (κ3) is 2.59. The molecular formula is C10H14ClN3O. The zero-order chi connectivity index (χ0) is 9.97. The standard InChI is InChI=1S/C10H13N3O.ClH/c11-10(14)8-4-6-13(7-8)9-3-1-2-5-12-9;/h1-3,5,8H,4,6-7H2,(H2,11,14);1H. The van der Waals surface area contributed by atoms with Gasteiger partial charge in [0.1, 0.15) is 5.82 Å². The van der Waals surface area contributed by atoms with E-state index >= 15 is 0 Å². The predicted octanol–water partition coefficient (Wildman–Crippen LogP) is 0.815. The van der Waals surface area contributed by atoms with Gasteiger partial charge in [0, 0.05) is 19.3 Å². The number of rotatable bonds is 2. The number of hydrogen-bond donors (Lipinski definition) is 1. The van der Waals surface area contributed by atoms with Gasteiger partial charge in [0.25, 0.3) is 0 Å². The van der Waals surface area contributed by atoms with Gasteiger partial charge in [-0.3, -0.25) is 4.79 Å². The lowest BCUT2D eigenvalue weighted by Crippen LogP contribution is -2.27. The number of amides is 1. The average molecular weight is 228 g/mol. The third-order valence-corrected chi connectivity index (χ3v) is 2.56. The van der Waals surface area contributed by atoms with Crippen LogP contribution in [0.15, 0.2) is 24.4 Å². The number of primary amides is 1. The number of halogens is 1. The fourth-order valence-electron chi connectivity index (χ4n) is 1.74. The molecule has 1 atom stereocenters.